The van der Waals surface area contributed by atoms with Crippen LogP contribution in [0.3, 0.4) is 0 Å². The number of alkyl carbamates (subject to hydrolysis) is 1. The first kappa shape index (κ1) is 20.1. The molecule has 1 saturated heterocycles. The molecule has 9 nitrogen and oxygen atoms in total. The molecule has 2 heterocycles. The van der Waals surface area contributed by atoms with E-state index in [0.717, 1.165) is 6.20 Å². The second kappa shape index (κ2) is 7.56. The van der Waals surface area contributed by atoms with Gasteiger partial charge in [0.2, 0.25) is 0 Å². The molecule has 1 fully saturated rings. The predicted molar refractivity (Wildman–Crippen MR) is 90.4 cm³/mol. The van der Waals surface area contributed by atoms with Gasteiger partial charge in [-0.05, 0) is 40.5 Å². The maximum atomic E-state index is 14.7. The molecule has 0 aromatic carbocycles. The van der Waals surface area contributed by atoms with Gasteiger partial charge in [-0.3, -0.25) is 14.8 Å². The van der Waals surface area contributed by atoms with E-state index in [2.05, 4.69) is 10.4 Å². The van der Waals surface area contributed by atoms with Crippen molar-refractivity contribution in [2.24, 2.45) is 7.05 Å². The van der Waals surface area contributed by atoms with E-state index in [-0.39, 0.29) is 17.8 Å². The highest BCUT2D eigenvalue weighted by atomic mass is 19.1. The minimum Gasteiger partial charge on any atom is -0.444 e. The number of nitrogens with zero attached hydrogens (tertiary/aromatic N) is 3. The van der Waals surface area contributed by atoms with Crippen molar-refractivity contribution in [2.75, 3.05) is 0 Å². The molecule has 1 aromatic heterocycles. The zero-order valence-corrected chi connectivity index (χ0v) is 15.6. The topological polar surface area (TPSA) is 109 Å². The number of carbonyl (C=O) groups is 1. The van der Waals surface area contributed by atoms with Crippen LogP contribution < -0.4 is 5.32 Å². The van der Waals surface area contributed by atoms with Crippen LogP contribution in [0.2, 0.25) is 0 Å². The average molecular weight is 372 g/mol. The number of aromatic nitrogens is 2. The molecule has 0 radical (unpaired) electrons. The Balaban J connectivity index is 2.15. The van der Waals surface area contributed by atoms with Crippen molar-refractivity contribution >= 4 is 11.8 Å². The van der Waals surface area contributed by atoms with Crippen LogP contribution in [0.4, 0.5) is 14.9 Å². The van der Waals surface area contributed by atoms with E-state index < -0.39 is 41.0 Å². The SMILES string of the molecule is C[C@@H]1O[C@H](c2c([N+](=O)[O-])cnn2C)CC[C@@H](NC(=O)OC(C)(C)C)[C@@H]1F. The number of amides is 1. The lowest BCUT2D eigenvalue weighted by Gasteiger charge is -2.26. The molecule has 0 bridgehead atoms. The van der Waals surface area contributed by atoms with E-state index in [0.29, 0.717) is 6.42 Å². The third-order valence-electron chi connectivity index (χ3n) is 4.12. The van der Waals surface area contributed by atoms with Crippen molar-refractivity contribution in [1.29, 1.82) is 0 Å². The number of hydrogen-bond acceptors (Lipinski definition) is 6. The van der Waals surface area contributed by atoms with Gasteiger partial charge in [-0.25, -0.2) is 9.18 Å². The van der Waals surface area contributed by atoms with Crippen molar-refractivity contribution in [3.63, 3.8) is 0 Å². The lowest BCUT2D eigenvalue weighted by Crippen LogP contribution is -2.46. The molecule has 146 valence electrons. The first-order chi connectivity index (χ1) is 12.0. The standard InChI is InChI=1S/C16H25FN4O5/c1-9-13(17)10(19-15(22)26-16(2,3)4)6-7-12(25-9)14-11(21(23)24)8-18-20(14)5/h8-10,12-13H,6-7H2,1-5H3,(H,19,22)/t9-,10+,12-,13+/m0/s1. The molecule has 0 unspecified atom stereocenters. The lowest BCUT2D eigenvalue weighted by molar-refractivity contribution is -0.386. The van der Waals surface area contributed by atoms with E-state index in [1.807, 2.05) is 0 Å². The first-order valence-electron chi connectivity index (χ1n) is 8.45. The van der Waals surface area contributed by atoms with Crippen molar-refractivity contribution in [3.05, 3.63) is 22.0 Å². The fraction of sp³-hybridized carbons (Fsp3) is 0.750. The average Bonchev–Trinajstić information content (AvgIpc) is 2.83. The molecule has 0 saturated carbocycles. The second-order valence-electron chi connectivity index (χ2n) is 7.40. The highest BCUT2D eigenvalue weighted by Gasteiger charge is 2.38. The summed E-state index contributed by atoms with van der Waals surface area (Å²) in [7, 11) is 1.57. The van der Waals surface area contributed by atoms with Gasteiger partial charge < -0.3 is 14.8 Å². The lowest BCUT2D eigenvalue weighted by atomic mass is 10.0. The number of aryl methyl sites for hydroxylation is 1. The summed E-state index contributed by atoms with van der Waals surface area (Å²) in [5, 5.41) is 17.6. The summed E-state index contributed by atoms with van der Waals surface area (Å²) in [6, 6.07) is -0.808. The summed E-state index contributed by atoms with van der Waals surface area (Å²) >= 11 is 0. The Morgan fingerprint density at radius 3 is 2.73 bits per heavy atom. The van der Waals surface area contributed by atoms with Crippen LogP contribution in [-0.2, 0) is 16.5 Å². The second-order valence-corrected chi connectivity index (χ2v) is 7.40. The molecular weight excluding hydrogens is 347 g/mol. The zero-order chi connectivity index (χ0) is 19.6. The largest absolute Gasteiger partial charge is 0.444 e. The minimum absolute atomic E-state index is 0.168. The highest BCUT2D eigenvalue weighted by molar-refractivity contribution is 5.68. The Morgan fingerprint density at radius 2 is 2.15 bits per heavy atom. The fourth-order valence-corrected chi connectivity index (χ4v) is 2.98. The maximum Gasteiger partial charge on any atom is 0.407 e. The third-order valence-corrected chi connectivity index (χ3v) is 4.12. The van der Waals surface area contributed by atoms with E-state index in [1.54, 1.807) is 27.8 Å². The van der Waals surface area contributed by atoms with E-state index >= 15 is 0 Å². The summed E-state index contributed by atoms with van der Waals surface area (Å²) in [6.45, 7) is 6.69. The van der Waals surface area contributed by atoms with Crippen LogP contribution in [0, 0.1) is 10.1 Å². The van der Waals surface area contributed by atoms with Crippen LogP contribution >= 0.6 is 0 Å². The number of nitrogens with one attached hydrogen (secondary N) is 1. The Morgan fingerprint density at radius 1 is 1.50 bits per heavy atom. The Labute approximate surface area is 151 Å². The molecule has 26 heavy (non-hydrogen) atoms. The molecule has 4 atom stereocenters. The quantitative estimate of drug-likeness (QED) is 0.645. The molecule has 1 aliphatic rings. The molecule has 1 amide bonds. The number of alkyl halides is 1. The van der Waals surface area contributed by atoms with E-state index in [1.165, 1.54) is 11.6 Å². The predicted octanol–water partition coefficient (Wildman–Crippen LogP) is 2.80. The molecular formula is C16H25FN4O5. The molecule has 1 aromatic rings. The van der Waals surface area contributed by atoms with Gasteiger partial charge in [-0.2, -0.15) is 5.10 Å². The number of nitro groups is 1. The monoisotopic (exact) mass is 372 g/mol. The van der Waals surface area contributed by atoms with Gasteiger partial charge in [0.1, 0.15) is 29.8 Å². The summed E-state index contributed by atoms with van der Waals surface area (Å²) in [4.78, 5) is 22.6. The van der Waals surface area contributed by atoms with Crippen LogP contribution in [0.25, 0.3) is 0 Å². The van der Waals surface area contributed by atoms with Gasteiger partial charge in [0.05, 0.1) is 17.1 Å². The number of carbonyl (C=O) groups excluding carboxylic acids is 1. The van der Waals surface area contributed by atoms with Crippen LogP contribution in [0.1, 0.15) is 52.3 Å². The molecule has 1 N–H and O–H groups in total. The highest BCUT2D eigenvalue weighted by Crippen LogP contribution is 2.35. The fourth-order valence-electron chi connectivity index (χ4n) is 2.98. The molecule has 1 aliphatic heterocycles. The third kappa shape index (κ3) is 4.69. The van der Waals surface area contributed by atoms with Crippen LogP contribution in [0.15, 0.2) is 6.20 Å². The normalized spacial score (nSPS) is 26.8. The molecule has 10 heteroatoms. The Bertz CT molecular complexity index is 672. The van der Waals surface area contributed by atoms with Crippen molar-refractivity contribution < 1.29 is 23.6 Å². The van der Waals surface area contributed by atoms with Crippen molar-refractivity contribution in [3.8, 4) is 0 Å². The minimum atomic E-state index is -1.47. The van der Waals surface area contributed by atoms with Gasteiger partial charge in [0, 0.05) is 7.05 Å². The summed E-state index contributed by atoms with van der Waals surface area (Å²) in [6.07, 6.45) is -2.04. The van der Waals surface area contributed by atoms with Crippen LogP contribution in [0.5, 0.6) is 0 Å². The Hall–Kier alpha value is -2.23. The molecule has 2 rings (SSSR count). The van der Waals surface area contributed by atoms with Gasteiger partial charge in [-0.1, -0.05) is 0 Å². The first-order valence-corrected chi connectivity index (χ1v) is 8.45. The van der Waals surface area contributed by atoms with Gasteiger partial charge in [0.15, 0.2) is 0 Å². The molecule has 0 spiro atoms. The number of halogens is 1. The number of ether oxygens (including phenoxy) is 2. The molecule has 0 aliphatic carbocycles. The number of rotatable bonds is 3. The summed E-state index contributed by atoms with van der Waals surface area (Å²) < 4.78 is 27.0. The van der Waals surface area contributed by atoms with Gasteiger partial charge in [0.25, 0.3) is 0 Å². The summed E-state index contributed by atoms with van der Waals surface area (Å²) in [5.74, 6) is 0. The van der Waals surface area contributed by atoms with Gasteiger partial charge >= 0.3 is 11.8 Å². The smallest absolute Gasteiger partial charge is 0.407 e. The van der Waals surface area contributed by atoms with E-state index in [4.69, 9.17) is 9.47 Å². The maximum absolute atomic E-state index is 14.7. The van der Waals surface area contributed by atoms with Crippen molar-refractivity contribution in [1.82, 2.24) is 15.1 Å². The zero-order valence-electron chi connectivity index (χ0n) is 15.6. The van der Waals surface area contributed by atoms with E-state index in [9.17, 15) is 19.3 Å². The van der Waals surface area contributed by atoms with Crippen molar-refractivity contribution in [2.45, 2.75) is 70.6 Å². The Kier molecular flexibility index (Phi) is 5.84. The number of hydrogen-bond donors (Lipinski definition) is 1. The van der Waals surface area contributed by atoms with Crippen LogP contribution in [-0.4, -0.2) is 44.7 Å². The van der Waals surface area contributed by atoms with Gasteiger partial charge in [-0.15, -0.1) is 0 Å². The summed E-state index contributed by atoms with van der Waals surface area (Å²) in [5.41, 5.74) is -0.578.